The highest BCUT2D eigenvalue weighted by atomic mass is 35.5. The van der Waals surface area contributed by atoms with Crippen molar-refractivity contribution >= 4 is 40.3 Å². The molecular formula is C21H23ClN4OS. The Labute approximate surface area is 174 Å². The summed E-state index contributed by atoms with van der Waals surface area (Å²) in [7, 11) is 3.64. The van der Waals surface area contributed by atoms with Gasteiger partial charge in [0.25, 0.3) is 0 Å². The number of fused-ring (bicyclic) bond motifs is 1. The lowest BCUT2D eigenvalue weighted by Crippen LogP contribution is -2.42. The molecule has 2 atom stereocenters. The number of rotatable bonds is 5. The number of benzene rings is 2. The molecule has 3 aromatic rings. The molecule has 0 bridgehead atoms. The molecule has 146 valence electrons. The van der Waals surface area contributed by atoms with Crippen LogP contribution in [0.1, 0.15) is 12.0 Å². The summed E-state index contributed by atoms with van der Waals surface area (Å²) in [6, 6.07) is 15.8. The number of carbonyl (C=O) groups excluding carboxylic acids is 1. The molecule has 1 aliphatic rings. The zero-order valence-corrected chi connectivity index (χ0v) is 17.5. The molecular weight excluding hydrogens is 392 g/mol. The first-order valence-corrected chi connectivity index (χ1v) is 10.6. The Balaban J connectivity index is 1.51. The van der Waals surface area contributed by atoms with Crippen molar-refractivity contribution in [2.24, 2.45) is 0 Å². The fraction of sp³-hybridized carbons (Fsp3) is 0.333. The van der Waals surface area contributed by atoms with Crippen LogP contribution < -0.4 is 0 Å². The van der Waals surface area contributed by atoms with E-state index in [1.807, 2.05) is 62.6 Å². The molecule has 0 unspecified atom stereocenters. The van der Waals surface area contributed by atoms with E-state index in [4.69, 9.17) is 11.6 Å². The number of hydrogen-bond donors (Lipinski definition) is 1. The number of halogens is 1. The Morgan fingerprint density at radius 3 is 2.71 bits per heavy atom. The van der Waals surface area contributed by atoms with Crippen LogP contribution in [-0.2, 0) is 11.3 Å². The van der Waals surface area contributed by atoms with Crippen LogP contribution in [0.5, 0.6) is 0 Å². The van der Waals surface area contributed by atoms with E-state index < -0.39 is 0 Å². The standard InChI is InChI=1S/C21H23ClN4OS/c1-25(2)20(27)19-11-16(13-26(19)12-14-7-9-15(22)10-8-14)28-21-23-17-5-3-4-6-18(17)24-21/h3-10,16,19H,11-13H2,1-2H3,(H,23,24)/t16-,19+/m1/s1. The van der Waals surface area contributed by atoms with Gasteiger partial charge in [0.1, 0.15) is 0 Å². The molecule has 0 radical (unpaired) electrons. The van der Waals surface area contributed by atoms with Gasteiger partial charge in [0.05, 0.1) is 17.1 Å². The lowest BCUT2D eigenvalue weighted by Gasteiger charge is -2.25. The predicted octanol–water partition coefficient (Wildman–Crippen LogP) is 4.04. The summed E-state index contributed by atoms with van der Waals surface area (Å²) in [6.45, 7) is 1.58. The van der Waals surface area contributed by atoms with Gasteiger partial charge in [-0.25, -0.2) is 4.98 Å². The van der Waals surface area contributed by atoms with Gasteiger partial charge < -0.3 is 9.88 Å². The Kier molecular flexibility index (Phi) is 5.62. The minimum Gasteiger partial charge on any atom is -0.347 e. The third-order valence-electron chi connectivity index (χ3n) is 5.04. The topological polar surface area (TPSA) is 52.2 Å². The molecule has 2 heterocycles. The second kappa shape index (κ2) is 8.15. The van der Waals surface area contributed by atoms with Crippen molar-refractivity contribution in [2.45, 2.75) is 29.4 Å². The van der Waals surface area contributed by atoms with Gasteiger partial charge in [-0.05, 0) is 36.2 Å². The number of nitrogens with one attached hydrogen (secondary N) is 1. The second-order valence-corrected chi connectivity index (χ2v) is 9.06. The Hall–Kier alpha value is -2.02. The molecule has 0 spiro atoms. The molecule has 4 rings (SSSR count). The number of likely N-dealkylation sites (tertiary alicyclic amines) is 1. The number of para-hydroxylation sites is 2. The zero-order chi connectivity index (χ0) is 19.7. The van der Waals surface area contributed by atoms with Crippen LogP contribution >= 0.6 is 23.4 Å². The maximum atomic E-state index is 12.8. The minimum absolute atomic E-state index is 0.118. The van der Waals surface area contributed by atoms with Gasteiger partial charge in [0, 0.05) is 37.5 Å². The van der Waals surface area contributed by atoms with Crippen LogP contribution in [0.2, 0.25) is 5.02 Å². The van der Waals surface area contributed by atoms with Crippen molar-refractivity contribution in [3.05, 3.63) is 59.1 Å². The van der Waals surface area contributed by atoms with Crippen LogP contribution in [0.4, 0.5) is 0 Å². The minimum atomic E-state index is -0.118. The summed E-state index contributed by atoms with van der Waals surface area (Å²) in [5, 5.41) is 1.95. The normalized spacial score (nSPS) is 20.0. The van der Waals surface area contributed by atoms with E-state index in [1.54, 1.807) is 16.7 Å². The number of likely N-dealkylation sites (N-methyl/N-ethyl adjacent to an activating group) is 1. The highest BCUT2D eigenvalue weighted by molar-refractivity contribution is 7.99. The molecule has 1 N–H and O–H groups in total. The highest BCUT2D eigenvalue weighted by Crippen LogP contribution is 2.34. The lowest BCUT2D eigenvalue weighted by molar-refractivity contribution is -0.133. The third kappa shape index (κ3) is 4.19. The molecule has 1 amide bonds. The maximum absolute atomic E-state index is 12.8. The van der Waals surface area contributed by atoms with Crippen LogP contribution in [0.25, 0.3) is 11.0 Å². The van der Waals surface area contributed by atoms with Gasteiger partial charge >= 0.3 is 0 Å². The van der Waals surface area contributed by atoms with Gasteiger partial charge in [0.2, 0.25) is 5.91 Å². The Bertz CT molecular complexity index is 939. The van der Waals surface area contributed by atoms with Gasteiger partial charge in [-0.15, -0.1) is 0 Å². The van der Waals surface area contributed by atoms with Crippen molar-refractivity contribution in [1.82, 2.24) is 19.8 Å². The first kappa shape index (κ1) is 19.3. The Morgan fingerprint density at radius 1 is 1.25 bits per heavy atom. The number of thioether (sulfide) groups is 1. The van der Waals surface area contributed by atoms with E-state index in [0.29, 0.717) is 5.25 Å². The number of hydrogen-bond acceptors (Lipinski definition) is 4. The third-order valence-corrected chi connectivity index (χ3v) is 6.38. The number of imidazole rings is 1. The molecule has 28 heavy (non-hydrogen) atoms. The molecule has 1 saturated heterocycles. The first-order chi connectivity index (χ1) is 13.5. The van der Waals surface area contributed by atoms with Gasteiger partial charge in [-0.2, -0.15) is 0 Å². The molecule has 5 nitrogen and oxygen atoms in total. The van der Waals surface area contributed by atoms with E-state index in [-0.39, 0.29) is 11.9 Å². The van der Waals surface area contributed by atoms with E-state index in [9.17, 15) is 4.79 Å². The molecule has 1 aliphatic heterocycles. The number of carbonyl (C=O) groups is 1. The van der Waals surface area contributed by atoms with Crippen molar-refractivity contribution in [2.75, 3.05) is 20.6 Å². The van der Waals surface area contributed by atoms with E-state index in [0.717, 1.165) is 46.3 Å². The van der Waals surface area contributed by atoms with Crippen LogP contribution in [0.3, 0.4) is 0 Å². The average Bonchev–Trinajstić information content (AvgIpc) is 3.26. The monoisotopic (exact) mass is 414 g/mol. The van der Waals surface area contributed by atoms with Crippen molar-refractivity contribution in [3.63, 3.8) is 0 Å². The fourth-order valence-corrected chi connectivity index (χ4v) is 4.95. The Morgan fingerprint density at radius 2 is 2.00 bits per heavy atom. The zero-order valence-electron chi connectivity index (χ0n) is 15.9. The SMILES string of the molecule is CN(C)C(=O)[C@@H]1C[C@@H](Sc2nc3ccccc3[nH]2)CN1Cc1ccc(Cl)cc1. The molecule has 0 saturated carbocycles. The summed E-state index contributed by atoms with van der Waals surface area (Å²) in [5.41, 5.74) is 3.18. The lowest BCUT2D eigenvalue weighted by atomic mass is 10.1. The number of H-pyrrole nitrogens is 1. The van der Waals surface area contributed by atoms with Crippen molar-refractivity contribution in [1.29, 1.82) is 0 Å². The van der Waals surface area contributed by atoms with Crippen molar-refractivity contribution < 1.29 is 4.79 Å². The fourth-order valence-electron chi connectivity index (χ4n) is 3.64. The highest BCUT2D eigenvalue weighted by Gasteiger charge is 2.38. The first-order valence-electron chi connectivity index (χ1n) is 9.30. The summed E-state index contributed by atoms with van der Waals surface area (Å²) in [4.78, 5) is 24.8. The smallest absolute Gasteiger partial charge is 0.239 e. The van der Waals surface area contributed by atoms with E-state index in [1.165, 1.54) is 0 Å². The molecule has 1 fully saturated rings. The summed E-state index contributed by atoms with van der Waals surface area (Å²) < 4.78 is 0. The van der Waals surface area contributed by atoms with Crippen LogP contribution in [0.15, 0.2) is 53.7 Å². The summed E-state index contributed by atoms with van der Waals surface area (Å²) in [5.74, 6) is 0.154. The molecule has 7 heteroatoms. The van der Waals surface area contributed by atoms with Crippen LogP contribution in [0, 0.1) is 0 Å². The maximum Gasteiger partial charge on any atom is 0.239 e. The van der Waals surface area contributed by atoms with E-state index >= 15 is 0 Å². The van der Waals surface area contributed by atoms with Gasteiger partial charge in [-0.3, -0.25) is 9.69 Å². The second-order valence-electron chi connectivity index (χ2n) is 7.34. The quantitative estimate of drug-likeness (QED) is 0.684. The number of aromatic amines is 1. The number of aromatic nitrogens is 2. The van der Waals surface area contributed by atoms with Gasteiger partial charge in [0.15, 0.2) is 5.16 Å². The average molecular weight is 415 g/mol. The van der Waals surface area contributed by atoms with E-state index in [2.05, 4.69) is 14.9 Å². The largest absolute Gasteiger partial charge is 0.347 e. The number of nitrogens with zero attached hydrogens (tertiary/aromatic N) is 3. The molecule has 2 aromatic carbocycles. The van der Waals surface area contributed by atoms with Crippen LogP contribution in [-0.4, -0.2) is 57.6 Å². The summed E-state index contributed by atoms with van der Waals surface area (Å²) in [6.07, 6.45) is 0.812. The van der Waals surface area contributed by atoms with Gasteiger partial charge in [-0.1, -0.05) is 47.6 Å². The summed E-state index contributed by atoms with van der Waals surface area (Å²) >= 11 is 7.73. The van der Waals surface area contributed by atoms with Crippen molar-refractivity contribution in [3.8, 4) is 0 Å². The predicted molar refractivity (Wildman–Crippen MR) is 115 cm³/mol. The molecule has 1 aromatic heterocycles. The number of amides is 1. The molecule has 0 aliphatic carbocycles.